The molecule has 0 aromatic rings. The molecule has 0 rings (SSSR count). The number of esters is 4. The van der Waals surface area contributed by atoms with Crippen molar-refractivity contribution in [2.45, 2.75) is 387 Å². The number of unbranched alkanes of at least 4 members (excludes halogenated alkanes) is 40. The second kappa shape index (κ2) is 64.1. The first kappa shape index (κ1) is 89.1. The van der Waals surface area contributed by atoms with Gasteiger partial charge in [0.25, 0.3) is 0 Å². The van der Waals surface area contributed by atoms with Crippen molar-refractivity contribution >= 4 is 39.5 Å². The highest BCUT2D eigenvalue weighted by Gasteiger charge is 2.30. The van der Waals surface area contributed by atoms with Gasteiger partial charge >= 0.3 is 39.5 Å². The van der Waals surface area contributed by atoms with Gasteiger partial charge in [-0.05, 0) is 37.5 Å². The highest BCUT2D eigenvalue weighted by atomic mass is 31.2. The van der Waals surface area contributed by atoms with Gasteiger partial charge in [-0.1, -0.05) is 318 Å². The van der Waals surface area contributed by atoms with Gasteiger partial charge in [0, 0.05) is 25.7 Å². The molecule has 0 saturated heterocycles. The molecule has 0 aliphatic carbocycles. The molecule has 0 aliphatic heterocycles. The first-order valence-electron chi connectivity index (χ1n) is 37.5. The number of carbonyl (C=O) groups is 4. The van der Waals surface area contributed by atoms with Crippen LogP contribution in [0.1, 0.15) is 369 Å². The SMILES string of the molecule is CCCCCCCCCCCCCCCCCCCCCC(=O)O[C@H](COC(=O)CCCCCCCCCCCCCC)COP(=O)(O)OC[C@@H](O)COP(=O)(O)OC[C@@H](COC(=O)CCCCCCCCC(C)CC)OC(=O)CCCCCCCCCC(C)C. The van der Waals surface area contributed by atoms with Crippen LogP contribution in [0.2, 0.25) is 0 Å². The van der Waals surface area contributed by atoms with Crippen molar-refractivity contribution in [3.63, 3.8) is 0 Å². The summed E-state index contributed by atoms with van der Waals surface area (Å²) in [6.07, 6.45) is 50.1. The summed E-state index contributed by atoms with van der Waals surface area (Å²) in [4.78, 5) is 72.6. The molecule has 19 heteroatoms. The number of rotatable bonds is 71. The molecular formula is C72H140O17P2. The molecule has 3 N–H and O–H groups in total. The zero-order chi connectivity index (χ0) is 67.2. The Bertz CT molecular complexity index is 1770. The van der Waals surface area contributed by atoms with Crippen molar-refractivity contribution in [3.05, 3.63) is 0 Å². The van der Waals surface area contributed by atoms with E-state index in [1.165, 1.54) is 180 Å². The summed E-state index contributed by atoms with van der Waals surface area (Å²) in [6, 6.07) is 0. The Morgan fingerprint density at radius 1 is 0.319 bits per heavy atom. The lowest BCUT2D eigenvalue weighted by molar-refractivity contribution is -0.161. The van der Waals surface area contributed by atoms with E-state index in [1.54, 1.807) is 0 Å². The molecule has 0 saturated carbocycles. The van der Waals surface area contributed by atoms with E-state index in [0.717, 1.165) is 102 Å². The van der Waals surface area contributed by atoms with Gasteiger partial charge in [0.1, 0.15) is 19.3 Å². The molecule has 0 aromatic carbocycles. The molecule has 0 aromatic heterocycles. The van der Waals surface area contributed by atoms with E-state index in [0.29, 0.717) is 31.6 Å². The van der Waals surface area contributed by atoms with E-state index < -0.39 is 97.5 Å². The fourth-order valence-corrected chi connectivity index (χ4v) is 12.5. The van der Waals surface area contributed by atoms with Crippen molar-refractivity contribution < 1.29 is 80.2 Å². The molecule has 0 heterocycles. The number of aliphatic hydroxyl groups excluding tert-OH is 1. The normalized spacial score (nSPS) is 14.4. The number of aliphatic hydroxyl groups is 1. The summed E-state index contributed by atoms with van der Waals surface area (Å²) in [5.74, 6) is -0.698. The molecule has 17 nitrogen and oxygen atoms in total. The molecule has 0 bridgehead atoms. The molecule has 6 atom stereocenters. The zero-order valence-electron chi connectivity index (χ0n) is 59.1. The van der Waals surface area contributed by atoms with E-state index in [4.69, 9.17) is 37.0 Å². The minimum Gasteiger partial charge on any atom is -0.462 e. The van der Waals surface area contributed by atoms with Crippen LogP contribution >= 0.6 is 15.6 Å². The fourth-order valence-electron chi connectivity index (χ4n) is 10.9. The Morgan fingerprint density at radius 3 is 0.835 bits per heavy atom. The lowest BCUT2D eigenvalue weighted by Gasteiger charge is -2.21. The van der Waals surface area contributed by atoms with Crippen LogP contribution in [0.4, 0.5) is 0 Å². The maximum absolute atomic E-state index is 13.0. The second-order valence-corrected chi connectivity index (χ2v) is 29.6. The summed E-state index contributed by atoms with van der Waals surface area (Å²) < 4.78 is 68.3. The number of ether oxygens (including phenoxy) is 4. The molecule has 0 spiro atoms. The van der Waals surface area contributed by atoms with Crippen LogP contribution in [0.3, 0.4) is 0 Å². The van der Waals surface area contributed by atoms with Crippen molar-refractivity contribution in [3.8, 4) is 0 Å². The third kappa shape index (κ3) is 65.1. The highest BCUT2D eigenvalue weighted by Crippen LogP contribution is 2.45. The monoisotopic (exact) mass is 1340 g/mol. The summed E-state index contributed by atoms with van der Waals surface area (Å²) in [7, 11) is -9.90. The zero-order valence-corrected chi connectivity index (χ0v) is 60.9. The lowest BCUT2D eigenvalue weighted by Crippen LogP contribution is -2.30. The minimum absolute atomic E-state index is 0.103. The highest BCUT2D eigenvalue weighted by molar-refractivity contribution is 7.47. The summed E-state index contributed by atoms with van der Waals surface area (Å²) in [6.45, 7) is 9.46. The Kier molecular flexibility index (Phi) is 62.7. The molecule has 0 aliphatic rings. The fraction of sp³-hybridized carbons (Fsp3) is 0.944. The van der Waals surface area contributed by atoms with Gasteiger partial charge < -0.3 is 33.8 Å². The van der Waals surface area contributed by atoms with Crippen LogP contribution in [0.15, 0.2) is 0 Å². The third-order valence-electron chi connectivity index (χ3n) is 17.1. The van der Waals surface area contributed by atoms with Gasteiger partial charge in [-0.2, -0.15) is 0 Å². The first-order chi connectivity index (χ1) is 43.9. The number of phosphoric acid groups is 2. The quantitative estimate of drug-likeness (QED) is 0.0222. The lowest BCUT2D eigenvalue weighted by atomic mass is 10.00. The number of phosphoric ester groups is 2. The van der Waals surface area contributed by atoms with E-state index in [2.05, 4.69) is 41.5 Å². The topological polar surface area (TPSA) is 237 Å². The Morgan fingerprint density at radius 2 is 0.560 bits per heavy atom. The standard InChI is InChI=1S/C72H140O17P2/c1-7-10-12-14-16-18-20-22-23-24-25-26-27-28-30-32-36-44-50-56-71(76)88-67(60-82-69(74)54-48-42-35-31-29-21-19-17-15-13-11-8-2)62-86-90(78,79)84-58-66(73)59-85-91(80,81)87-63-68(89-72(77)57-51-45-37-33-34-40-46-52-64(4)5)61-83-70(75)55-49-43-39-38-41-47-53-65(6)9-3/h64-68,73H,7-63H2,1-6H3,(H,78,79)(H,80,81)/t65?,66-,67-,68-/m1/s1. The van der Waals surface area contributed by atoms with Gasteiger partial charge in [-0.25, -0.2) is 9.13 Å². The number of hydrogen-bond acceptors (Lipinski definition) is 15. The molecule has 3 unspecified atom stereocenters. The van der Waals surface area contributed by atoms with Crippen LogP contribution in [0.25, 0.3) is 0 Å². The largest absolute Gasteiger partial charge is 0.472 e. The maximum atomic E-state index is 13.0. The van der Waals surface area contributed by atoms with Crippen LogP contribution in [-0.2, 0) is 65.4 Å². The van der Waals surface area contributed by atoms with Crippen LogP contribution in [-0.4, -0.2) is 96.7 Å². The Balaban J connectivity index is 5.21. The molecule has 0 fully saturated rings. The summed E-state index contributed by atoms with van der Waals surface area (Å²) >= 11 is 0. The maximum Gasteiger partial charge on any atom is 0.472 e. The predicted octanol–water partition coefficient (Wildman–Crippen LogP) is 20.8. The predicted molar refractivity (Wildman–Crippen MR) is 368 cm³/mol. The van der Waals surface area contributed by atoms with Crippen molar-refractivity contribution in [2.75, 3.05) is 39.6 Å². The Hall–Kier alpha value is -1.94. The molecule has 540 valence electrons. The van der Waals surface area contributed by atoms with Gasteiger partial charge in [0.2, 0.25) is 0 Å². The number of carbonyl (C=O) groups excluding carboxylic acids is 4. The average Bonchev–Trinajstić information content (AvgIpc) is 3.71. The summed E-state index contributed by atoms with van der Waals surface area (Å²) in [5.41, 5.74) is 0. The van der Waals surface area contributed by atoms with Crippen LogP contribution in [0, 0.1) is 11.8 Å². The number of hydrogen-bond donors (Lipinski definition) is 3. The van der Waals surface area contributed by atoms with E-state index in [9.17, 15) is 43.2 Å². The molecule has 91 heavy (non-hydrogen) atoms. The van der Waals surface area contributed by atoms with Gasteiger partial charge in [0.15, 0.2) is 12.2 Å². The minimum atomic E-state index is -4.95. The first-order valence-corrected chi connectivity index (χ1v) is 40.5. The van der Waals surface area contributed by atoms with Crippen molar-refractivity contribution in [1.29, 1.82) is 0 Å². The van der Waals surface area contributed by atoms with E-state index in [1.807, 2.05) is 0 Å². The average molecular weight is 1340 g/mol. The van der Waals surface area contributed by atoms with Gasteiger partial charge in [-0.3, -0.25) is 37.3 Å². The van der Waals surface area contributed by atoms with Crippen LogP contribution in [0.5, 0.6) is 0 Å². The summed E-state index contributed by atoms with van der Waals surface area (Å²) in [5, 5.41) is 10.6. The molecule has 0 radical (unpaired) electrons. The molecular weight excluding hydrogens is 1200 g/mol. The van der Waals surface area contributed by atoms with Gasteiger partial charge in [0.05, 0.1) is 26.4 Å². The van der Waals surface area contributed by atoms with Crippen molar-refractivity contribution in [2.24, 2.45) is 11.8 Å². The molecule has 0 amide bonds. The van der Waals surface area contributed by atoms with Crippen molar-refractivity contribution in [1.82, 2.24) is 0 Å². The Labute approximate surface area is 556 Å². The third-order valence-corrected chi connectivity index (χ3v) is 19.0. The van der Waals surface area contributed by atoms with E-state index in [-0.39, 0.29) is 25.7 Å². The smallest absolute Gasteiger partial charge is 0.462 e. The van der Waals surface area contributed by atoms with E-state index >= 15 is 0 Å². The van der Waals surface area contributed by atoms with Gasteiger partial charge in [-0.15, -0.1) is 0 Å². The second-order valence-electron chi connectivity index (χ2n) is 26.7. The van der Waals surface area contributed by atoms with Crippen LogP contribution < -0.4 is 0 Å².